The molecular formula is C21H26FIN8. The van der Waals surface area contributed by atoms with Gasteiger partial charge in [0.05, 0.1) is 0 Å². The van der Waals surface area contributed by atoms with Crippen LogP contribution in [0, 0.1) is 5.82 Å². The van der Waals surface area contributed by atoms with Gasteiger partial charge in [-0.2, -0.15) is 0 Å². The quantitative estimate of drug-likeness (QED) is 0.287. The molecule has 0 saturated carbocycles. The lowest BCUT2D eigenvalue weighted by Crippen LogP contribution is -2.44. The first-order valence-electron chi connectivity index (χ1n) is 10.1. The monoisotopic (exact) mass is 536 g/mol. The molecule has 0 spiro atoms. The van der Waals surface area contributed by atoms with Crippen molar-refractivity contribution in [1.29, 1.82) is 0 Å². The Morgan fingerprint density at radius 1 is 1.23 bits per heavy atom. The normalized spacial score (nSPS) is 16.1. The van der Waals surface area contributed by atoms with E-state index in [1.165, 1.54) is 6.07 Å². The number of nitrogens with one attached hydrogen (secondary N) is 2. The summed E-state index contributed by atoms with van der Waals surface area (Å²) >= 11 is 0. The fourth-order valence-electron chi connectivity index (χ4n) is 3.51. The van der Waals surface area contributed by atoms with Gasteiger partial charge in [0.1, 0.15) is 12.9 Å². The third-order valence-electron chi connectivity index (χ3n) is 4.94. The second kappa shape index (κ2) is 11.0. The number of rotatable bonds is 6. The topological polar surface area (TPSA) is 83.3 Å². The van der Waals surface area contributed by atoms with Crippen molar-refractivity contribution >= 4 is 35.8 Å². The van der Waals surface area contributed by atoms with Gasteiger partial charge >= 0.3 is 0 Å². The van der Waals surface area contributed by atoms with Crippen LogP contribution in [-0.4, -0.2) is 51.4 Å². The standard InChI is InChI=1S/C21H25FN8.HI/c1-2-23-21(25-13-19-28-26-15-30(19)17-7-4-3-5-8-17)27-16-10-12-29(14-16)20-18(22)9-6-11-24-20;/h3-9,11,15-16H,2,10,12-14H2,1H3,(H2,23,25,27);1H. The van der Waals surface area contributed by atoms with Crippen molar-refractivity contribution in [2.75, 3.05) is 24.5 Å². The van der Waals surface area contributed by atoms with Crippen LogP contribution in [0.25, 0.3) is 5.69 Å². The minimum Gasteiger partial charge on any atom is -0.357 e. The molecule has 2 N–H and O–H groups in total. The maximum absolute atomic E-state index is 14.0. The Morgan fingerprint density at radius 2 is 2.06 bits per heavy atom. The van der Waals surface area contributed by atoms with Crippen LogP contribution >= 0.6 is 24.0 Å². The molecule has 31 heavy (non-hydrogen) atoms. The first-order valence-corrected chi connectivity index (χ1v) is 10.1. The van der Waals surface area contributed by atoms with Crippen LogP contribution in [0.15, 0.2) is 60.0 Å². The molecule has 8 nitrogen and oxygen atoms in total. The molecule has 2 aromatic heterocycles. The lowest BCUT2D eigenvalue weighted by molar-refractivity contribution is 0.612. The maximum atomic E-state index is 14.0. The van der Waals surface area contributed by atoms with E-state index in [1.807, 2.05) is 46.7 Å². The summed E-state index contributed by atoms with van der Waals surface area (Å²) in [5.41, 5.74) is 0.995. The molecule has 1 atom stereocenters. The number of hydrogen-bond donors (Lipinski definition) is 2. The molecule has 1 aromatic carbocycles. The average molecular weight is 536 g/mol. The highest BCUT2D eigenvalue weighted by Gasteiger charge is 2.26. The smallest absolute Gasteiger partial charge is 0.191 e. The first-order chi connectivity index (χ1) is 14.7. The Morgan fingerprint density at radius 3 is 2.84 bits per heavy atom. The van der Waals surface area contributed by atoms with Gasteiger partial charge in [-0.3, -0.25) is 4.57 Å². The number of para-hydroxylation sites is 1. The van der Waals surface area contributed by atoms with Gasteiger partial charge in [-0.25, -0.2) is 14.4 Å². The Balaban J connectivity index is 0.00000272. The van der Waals surface area contributed by atoms with E-state index in [0.29, 0.717) is 24.9 Å². The number of anilines is 1. The Bertz CT molecular complexity index is 994. The third kappa shape index (κ3) is 5.69. The number of guanidine groups is 1. The van der Waals surface area contributed by atoms with E-state index in [9.17, 15) is 4.39 Å². The van der Waals surface area contributed by atoms with Crippen LogP contribution < -0.4 is 15.5 Å². The van der Waals surface area contributed by atoms with E-state index in [2.05, 4.69) is 30.8 Å². The van der Waals surface area contributed by atoms with Gasteiger partial charge < -0.3 is 15.5 Å². The molecule has 1 aliphatic rings. The van der Waals surface area contributed by atoms with Gasteiger partial charge in [0.15, 0.2) is 23.4 Å². The van der Waals surface area contributed by atoms with E-state index < -0.39 is 0 Å². The molecule has 3 aromatic rings. The molecule has 0 aliphatic carbocycles. The van der Waals surface area contributed by atoms with Crippen LogP contribution in [0.2, 0.25) is 0 Å². The fourth-order valence-corrected chi connectivity index (χ4v) is 3.51. The van der Waals surface area contributed by atoms with Crippen LogP contribution in [0.5, 0.6) is 0 Å². The Labute approximate surface area is 198 Å². The van der Waals surface area contributed by atoms with Gasteiger partial charge in [-0.1, -0.05) is 18.2 Å². The summed E-state index contributed by atoms with van der Waals surface area (Å²) in [5.74, 6) is 1.56. The van der Waals surface area contributed by atoms with E-state index in [0.717, 1.165) is 31.0 Å². The summed E-state index contributed by atoms with van der Waals surface area (Å²) < 4.78 is 16.0. The lowest BCUT2D eigenvalue weighted by atomic mass is 10.3. The number of hydrogen-bond acceptors (Lipinski definition) is 5. The molecule has 3 heterocycles. The number of pyridine rings is 1. The molecule has 1 aliphatic heterocycles. The predicted molar refractivity (Wildman–Crippen MR) is 130 cm³/mol. The highest BCUT2D eigenvalue weighted by Crippen LogP contribution is 2.20. The van der Waals surface area contributed by atoms with E-state index in [4.69, 9.17) is 0 Å². The minimum absolute atomic E-state index is 0. The number of nitrogens with zero attached hydrogens (tertiary/aromatic N) is 6. The molecule has 10 heteroatoms. The highest BCUT2D eigenvalue weighted by atomic mass is 127. The van der Waals surface area contributed by atoms with Crippen molar-refractivity contribution in [2.45, 2.75) is 25.9 Å². The average Bonchev–Trinajstić information content (AvgIpc) is 3.43. The second-order valence-corrected chi connectivity index (χ2v) is 7.03. The Hall–Kier alpha value is -2.76. The summed E-state index contributed by atoms with van der Waals surface area (Å²) in [6, 6.07) is 13.1. The minimum atomic E-state index is -0.293. The number of halogens is 2. The largest absolute Gasteiger partial charge is 0.357 e. The predicted octanol–water partition coefficient (Wildman–Crippen LogP) is 2.75. The zero-order valence-electron chi connectivity index (χ0n) is 17.3. The van der Waals surface area contributed by atoms with Gasteiger partial charge in [0.2, 0.25) is 0 Å². The zero-order valence-corrected chi connectivity index (χ0v) is 19.6. The third-order valence-corrected chi connectivity index (χ3v) is 4.94. The van der Waals surface area contributed by atoms with E-state index in [1.54, 1.807) is 18.6 Å². The maximum Gasteiger partial charge on any atom is 0.191 e. The fraction of sp³-hybridized carbons (Fsp3) is 0.333. The molecule has 1 saturated heterocycles. The molecule has 1 unspecified atom stereocenters. The van der Waals surface area contributed by atoms with Crippen molar-refractivity contribution in [2.24, 2.45) is 4.99 Å². The number of aliphatic imine (C=N–C) groups is 1. The summed E-state index contributed by atoms with van der Waals surface area (Å²) in [6.45, 7) is 4.55. The molecule has 4 rings (SSSR count). The second-order valence-electron chi connectivity index (χ2n) is 7.03. The van der Waals surface area contributed by atoms with Crippen LogP contribution in [0.3, 0.4) is 0 Å². The summed E-state index contributed by atoms with van der Waals surface area (Å²) in [7, 11) is 0. The van der Waals surface area contributed by atoms with Crippen molar-refractivity contribution in [1.82, 2.24) is 30.4 Å². The molecule has 0 bridgehead atoms. The SMILES string of the molecule is CCNC(=NCc1nncn1-c1ccccc1)NC1CCN(c2ncccc2F)C1.I. The number of benzene rings is 1. The van der Waals surface area contributed by atoms with Crippen molar-refractivity contribution in [3.05, 3.63) is 66.6 Å². The van der Waals surface area contributed by atoms with Gasteiger partial charge in [-0.05, 0) is 37.6 Å². The molecule has 0 amide bonds. The van der Waals surface area contributed by atoms with Gasteiger partial charge in [0, 0.05) is 37.6 Å². The molecule has 164 valence electrons. The van der Waals surface area contributed by atoms with Crippen LogP contribution in [0.4, 0.5) is 10.2 Å². The lowest BCUT2D eigenvalue weighted by Gasteiger charge is -2.19. The van der Waals surface area contributed by atoms with Crippen molar-refractivity contribution in [3.63, 3.8) is 0 Å². The highest BCUT2D eigenvalue weighted by molar-refractivity contribution is 14.0. The summed E-state index contributed by atoms with van der Waals surface area (Å²) in [5, 5.41) is 15.0. The Kier molecular flexibility index (Phi) is 8.15. The van der Waals surface area contributed by atoms with Gasteiger partial charge in [-0.15, -0.1) is 34.2 Å². The molecule has 0 radical (unpaired) electrons. The molecular weight excluding hydrogens is 510 g/mol. The first kappa shape index (κ1) is 22.9. The van der Waals surface area contributed by atoms with Crippen molar-refractivity contribution < 1.29 is 4.39 Å². The summed E-state index contributed by atoms with van der Waals surface area (Å²) in [4.78, 5) is 10.8. The van der Waals surface area contributed by atoms with E-state index in [-0.39, 0.29) is 35.8 Å². The van der Waals surface area contributed by atoms with Gasteiger partial charge in [0.25, 0.3) is 0 Å². The molecule has 1 fully saturated rings. The van der Waals surface area contributed by atoms with E-state index >= 15 is 0 Å². The van der Waals surface area contributed by atoms with Crippen LogP contribution in [0.1, 0.15) is 19.2 Å². The number of aromatic nitrogens is 4. The van der Waals surface area contributed by atoms with Crippen molar-refractivity contribution in [3.8, 4) is 5.69 Å². The zero-order chi connectivity index (χ0) is 20.8. The van der Waals surface area contributed by atoms with Crippen LogP contribution in [-0.2, 0) is 6.54 Å². The summed E-state index contributed by atoms with van der Waals surface area (Å²) in [6.07, 6.45) is 4.19.